The monoisotopic (exact) mass is 293 g/mol. The summed E-state index contributed by atoms with van der Waals surface area (Å²) in [5, 5.41) is 0. The van der Waals surface area contributed by atoms with E-state index in [-0.39, 0.29) is 10.8 Å². The van der Waals surface area contributed by atoms with Crippen molar-refractivity contribution in [1.29, 1.82) is 0 Å². The van der Waals surface area contributed by atoms with Gasteiger partial charge in [-0.05, 0) is 34.5 Å². The number of hydrogen-bond donors (Lipinski definition) is 1. The van der Waals surface area contributed by atoms with E-state index < -0.39 is 10.0 Å². The lowest BCUT2D eigenvalue weighted by molar-refractivity contribution is 0.588. The maximum Gasteiger partial charge on any atom is 0.250 e. The lowest BCUT2D eigenvalue weighted by Gasteiger charge is -1.98. The Bertz CT molecular complexity index is 451. The summed E-state index contributed by atoms with van der Waals surface area (Å²) in [5.74, 6) is 2.22. The second-order valence-corrected chi connectivity index (χ2v) is 6.91. The van der Waals surface area contributed by atoms with E-state index >= 15 is 0 Å². The second-order valence-electron chi connectivity index (χ2n) is 2.55. The molecule has 0 fully saturated rings. The van der Waals surface area contributed by atoms with Crippen LogP contribution in [0.1, 0.15) is 5.56 Å². The molecule has 0 amide bonds. The normalized spacial score (nSPS) is 11.2. The molecule has 0 saturated heterocycles. The van der Waals surface area contributed by atoms with Crippen LogP contribution in [0.15, 0.2) is 14.1 Å². The van der Waals surface area contributed by atoms with E-state index in [1.54, 1.807) is 6.07 Å². The number of rotatable bonds is 3. The van der Waals surface area contributed by atoms with E-state index in [1.165, 1.54) is 11.3 Å². The molecule has 0 aliphatic rings. The van der Waals surface area contributed by atoms with Gasteiger partial charge in [0.2, 0.25) is 0 Å². The van der Waals surface area contributed by atoms with E-state index in [4.69, 9.17) is 6.42 Å². The van der Waals surface area contributed by atoms with E-state index in [2.05, 4.69) is 26.6 Å². The van der Waals surface area contributed by atoms with E-state index in [0.717, 1.165) is 9.35 Å². The van der Waals surface area contributed by atoms with E-state index in [0.29, 0.717) is 0 Å². The van der Waals surface area contributed by atoms with Gasteiger partial charge in [-0.2, -0.15) is 4.72 Å². The molecule has 1 N–H and O–H groups in total. The van der Waals surface area contributed by atoms with Gasteiger partial charge in [-0.25, -0.2) is 8.42 Å². The number of halogens is 1. The molecule has 0 unspecified atom stereocenters. The first kappa shape index (κ1) is 11.7. The first-order valence-electron chi connectivity index (χ1n) is 3.66. The van der Waals surface area contributed by atoms with Gasteiger partial charge in [0.05, 0.1) is 10.3 Å². The van der Waals surface area contributed by atoms with Crippen molar-refractivity contribution < 1.29 is 8.42 Å². The maximum absolute atomic E-state index is 11.5. The minimum atomic E-state index is -3.43. The van der Waals surface area contributed by atoms with Crippen molar-refractivity contribution in [3.63, 3.8) is 0 Å². The highest BCUT2D eigenvalue weighted by molar-refractivity contribution is 9.11. The Labute approximate surface area is 95.7 Å². The fourth-order valence-electron chi connectivity index (χ4n) is 0.772. The minimum absolute atomic E-state index is 0.0108. The number of nitrogens with one attached hydrogen (secondary N) is 1. The smallest absolute Gasteiger partial charge is 0.206 e. The molecular formula is C8H8BrNO2S2. The molecule has 0 saturated carbocycles. The van der Waals surface area contributed by atoms with Crippen LogP contribution < -0.4 is 4.72 Å². The summed E-state index contributed by atoms with van der Waals surface area (Å²) < 4.78 is 26.5. The molecule has 0 bridgehead atoms. The number of thiophene rings is 1. The number of terminal acetylenes is 1. The van der Waals surface area contributed by atoms with Crippen molar-refractivity contribution in [2.24, 2.45) is 0 Å². The largest absolute Gasteiger partial charge is 0.250 e. The molecule has 76 valence electrons. The maximum atomic E-state index is 11.5. The highest BCUT2D eigenvalue weighted by Crippen LogP contribution is 2.30. The van der Waals surface area contributed by atoms with Crippen LogP contribution in [0.4, 0.5) is 0 Å². The van der Waals surface area contributed by atoms with Crippen molar-refractivity contribution in [3.05, 3.63) is 15.4 Å². The van der Waals surface area contributed by atoms with Gasteiger partial charge in [0.1, 0.15) is 4.21 Å². The minimum Gasteiger partial charge on any atom is -0.206 e. The molecular weight excluding hydrogens is 286 g/mol. The molecule has 0 aliphatic heterocycles. The van der Waals surface area contributed by atoms with Crippen molar-refractivity contribution in [3.8, 4) is 12.3 Å². The quantitative estimate of drug-likeness (QED) is 0.863. The molecule has 3 nitrogen and oxygen atoms in total. The number of hydrogen-bond acceptors (Lipinski definition) is 3. The Morgan fingerprint density at radius 3 is 2.79 bits per heavy atom. The molecule has 6 heteroatoms. The van der Waals surface area contributed by atoms with Crippen LogP contribution in [0.25, 0.3) is 0 Å². The lowest BCUT2D eigenvalue weighted by Crippen LogP contribution is -2.22. The number of sulfonamides is 1. The van der Waals surface area contributed by atoms with E-state index in [1.807, 2.05) is 6.92 Å². The van der Waals surface area contributed by atoms with Crippen LogP contribution in [-0.2, 0) is 10.0 Å². The predicted molar refractivity (Wildman–Crippen MR) is 60.8 cm³/mol. The molecule has 1 heterocycles. The molecule has 14 heavy (non-hydrogen) atoms. The fourth-order valence-corrected chi connectivity index (χ4v) is 3.98. The van der Waals surface area contributed by atoms with Crippen molar-refractivity contribution in [1.82, 2.24) is 4.72 Å². The first-order chi connectivity index (χ1) is 6.47. The zero-order valence-corrected chi connectivity index (χ0v) is 10.6. The van der Waals surface area contributed by atoms with Crippen LogP contribution in [0, 0.1) is 19.3 Å². The molecule has 0 atom stereocenters. The van der Waals surface area contributed by atoms with Gasteiger partial charge in [0.25, 0.3) is 10.0 Å². The molecule has 0 aromatic carbocycles. The molecule has 1 aromatic rings. The van der Waals surface area contributed by atoms with Gasteiger partial charge < -0.3 is 0 Å². The third kappa shape index (κ3) is 2.58. The summed E-state index contributed by atoms with van der Waals surface area (Å²) in [6.45, 7) is 1.84. The summed E-state index contributed by atoms with van der Waals surface area (Å²) in [6.07, 6.45) is 4.97. The number of aryl methyl sites for hydroxylation is 1. The van der Waals surface area contributed by atoms with Gasteiger partial charge in [-0.1, -0.05) is 5.92 Å². The lowest BCUT2D eigenvalue weighted by atomic mass is 10.4. The SMILES string of the molecule is C#CCNS(=O)(=O)c1cc(C)c(Br)s1. The molecule has 0 radical (unpaired) electrons. The Morgan fingerprint density at radius 1 is 1.71 bits per heavy atom. The molecule has 0 spiro atoms. The standard InChI is InChI=1S/C8H8BrNO2S2/c1-3-4-10-14(11,12)7-5-6(2)8(9)13-7/h1,5,10H,4H2,2H3. The van der Waals surface area contributed by atoms with Crippen molar-refractivity contribution in [2.75, 3.05) is 6.54 Å². The zero-order chi connectivity index (χ0) is 10.8. The topological polar surface area (TPSA) is 46.2 Å². The van der Waals surface area contributed by atoms with Gasteiger partial charge in [0, 0.05) is 0 Å². The second kappa shape index (κ2) is 4.45. The van der Waals surface area contributed by atoms with Crippen LogP contribution in [0.2, 0.25) is 0 Å². The Kier molecular flexibility index (Phi) is 3.72. The first-order valence-corrected chi connectivity index (χ1v) is 6.75. The predicted octanol–water partition coefficient (Wildman–Crippen LogP) is 1.73. The summed E-state index contributed by atoms with van der Waals surface area (Å²) in [6, 6.07) is 1.60. The van der Waals surface area contributed by atoms with Gasteiger partial charge >= 0.3 is 0 Å². The fraction of sp³-hybridized carbons (Fsp3) is 0.250. The molecule has 1 rings (SSSR count). The van der Waals surface area contributed by atoms with Crippen LogP contribution in [0.3, 0.4) is 0 Å². The van der Waals surface area contributed by atoms with Gasteiger partial charge in [-0.15, -0.1) is 17.8 Å². The van der Waals surface area contributed by atoms with Crippen LogP contribution >= 0.6 is 27.3 Å². The van der Waals surface area contributed by atoms with Gasteiger partial charge in [0.15, 0.2) is 0 Å². The van der Waals surface area contributed by atoms with Crippen molar-refractivity contribution in [2.45, 2.75) is 11.1 Å². The molecule has 1 aromatic heterocycles. The van der Waals surface area contributed by atoms with E-state index in [9.17, 15) is 8.42 Å². The van der Waals surface area contributed by atoms with Crippen LogP contribution in [0.5, 0.6) is 0 Å². The summed E-state index contributed by atoms with van der Waals surface area (Å²) >= 11 is 4.43. The Balaban J connectivity index is 3.00. The van der Waals surface area contributed by atoms with Crippen molar-refractivity contribution >= 4 is 37.3 Å². The summed E-state index contributed by atoms with van der Waals surface area (Å²) in [7, 11) is -3.43. The third-order valence-electron chi connectivity index (χ3n) is 1.46. The third-order valence-corrected chi connectivity index (χ3v) is 5.48. The van der Waals surface area contributed by atoms with Crippen LogP contribution in [-0.4, -0.2) is 15.0 Å². The highest BCUT2D eigenvalue weighted by Gasteiger charge is 2.16. The highest BCUT2D eigenvalue weighted by atomic mass is 79.9. The summed E-state index contributed by atoms with van der Waals surface area (Å²) in [4.78, 5) is 0. The zero-order valence-electron chi connectivity index (χ0n) is 7.37. The van der Waals surface area contributed by atoms with Gasteiger partial charge in [-0.3, -0.25) is 0 Å². The average Bonchev–Trinajstić information content (AvgIpc) is 2.45. The average molecular weight is 294 g/mol. The Morgan fingerprint density at radius 2 is 2.36 bits per heavy atom. The molecule has 0 aliphatic carbocycles. The Hall–Kier alpha value is -0.350. The summed E-state index contributed by atoms with van der Waals surface area (Å²) in [5.41, 5.74) is 0.899.